The molecular weight excluding hydrogens is 172 g/mol. The lowest BCUT2D eigenvalue weighted by molar-refractivity contribution is -0.697. The standard InChI is InChI=1S/C12H18N2/c1-10-5-4-7-12(14-10)9-11-6-2-3-8-13-11/h4-5,7,11,13H,2-3,6,8-9H2,1H3/p+1/t11-/m0/s1. The van der Waals surface area contributed by atoms with E-state index >= 15 is 0 Å². The second kappa shape index (κ2) is 4.56. The maximum atomic E-state index is 4.55. The smallest absolute Gasteiger partial charge is 0.0915 e. The molecule has 1 fully saturated rings. The maximum absolute atomic E-state index is 4.55. The Morgan fingerprint density at radius 1 is 1.43 bits per heavy atom. The number of piperidine rings is 1. The molecule has 0 radical (unpaired) electrons. The van der Waals surface area contributed by atoms with Gasteiger partial charge in [-0.2, -0.15) is 0 Å². The quantitative estimate of drug-likeness (QED) is 0.744. The fraction of sp³-hybridized carbons (Fsp3) is 0.583. The van der Waals surface area contributed by atoms with Crippen molar-refractivity contribution >= 4 is 0 Å². The monoisotopic (exact) mass is 191 g/mol. The summed E-state index contributed by atoms with van der Waals surface area (Å²) in [6.45, 7) is 3.37. The van der Waals surface area contributed by atoms with Gasteiger partial charge in [0.1, 0.15) is 0 Å². The average Bonchev–Trinajstić information content (AvgIpc) is 2.19. The van der Waals surface area contributed by atoms with Gasteiger partial charge in [-0.1, -0.05) is 6.07 Å². The second-order valence-corrected chi connectivity index (χ2v) is 4.25. The Kier molecular flexibility index (Phi) is 3.14. The molecule has 0 amide bonds. The lowest BCUT2D eigenvalue weighted by Crippen LogP contribution is -2.91. The number of rotatable bonds is 2. The first kappa shape index (κ1) is 9.66. The summed E-state index contributed by atoms with van der Waals surface area (Å²) < 4.78 is 0. The summed E-state index contributed by atoms with van der Waals surface area (Å²) >= 11 is 0. The van der Waals surface area contributed by atoms with Gasteiger partial charge in [-0.05, 0) is 38.3 Å². The van der Waals surface area contributed by atoms with Gasteiger partial charge < -0.3 is 5.32 Å². The molecule has 0 aliphatic carbocycles. The number of aromatic nitrogens is 1. The molecule has 0 aromatic carbocycles. The molecule has 2 nitrogen and oxygen atoms in total. The van der Waals surface area contributed by atoms with Crippen LogP contribution in [0.25, 0.3) is 0 Å². The lowest BCUT2D eigenvalue weighted by Gasteiger charge is -2.19. The Hall–Kier alpha value is -0.890. The molecule has 76 valence electrons. The molecule has 1 aromatic heterocycles. The van der Waals surface area contributed by atoms with Crippen LogP contribution >= 0.6 is 0 Å². The molecule has 2 heterocycles. The summed E-state index contributed by atoms with van der Waals surface area (Å²) in [4.78, 5) is 4.55. The van der Waals surface area contributed by atoms with Gasteiger partial charge in [-0.15, -0.1) is 0 Å². The number of hydrogen-bond acceptors (Lipinski definition) is 1. The molecule has 1 saturated heterocycles. The minimum Gasteiger partial charge on any atom is -0.343 e. The van der Waals surface area contributed by atoms with Crippen LogP contribution in [0.1, 0.15) is 30.7 Å². The molecule has 0 bridgehead atoms. The predicted octanol–water partition coefficient (Wildman–Crippen LogP) is 1.05. The van der Waals surface area contributed by atoms with Crippen LogP contribution in [0.2, 0.25) is 0 Å². The molecular formula is C12H19N2+. The normalized spacial score (nSPS) is 22.2. The van der Waals surface area contributed by atoms with Crippen LogP contribution in [0.15, 0.2) is 18.2 Å². The van der Waals surface area contributed by atoms with E-state index < -0.39 is 0 Å². The van der Waals surface area contributed by atoms with Crippen LogP contribution in [0.3, 0.4) is 0 Å². The summed E-state index contributed by atoms with van der Waals surface area (Å²) in [5.74, 6) is 0. The Labute approximate surface area is 85.7 Å². The number of hydrogen-bond donors (Lipinski definition) is 1. The lowest BCUT2D eigenvalue weighted by atomic mass is 10.0. The summed E-state index contributed by atoms with van der Waals surface area (Å²) in [7, 11) is 0. The minimum absolute atomic E-state index is 0.776. The van der Waals surface area contributed by atoms with Gasteiger partial charge in [0.05, 0.1) is 12.6 Å². The third kappa shape index (κ3) is 2.55. The molecule has 1 aromatic rings. The molecule has 14 heavy (non-hydrogen) atoms. The van der Waals surface area contributed by atoms with Crippen LogP contribution < -0.4 is 5.32 Å². The molecule has 1 aliphatic rings. The molecule has 1 aliphatic heterocycles. The summed E-state index contributed by atoms with van der Waals surface area (Å²) in [6.07, 6.45) is 5.28. The van der Waals surface area contributed by atoms with Gasteiger partial charge >= 0.3 is 0 Å². The van der Waals surface area contributed by atoms with Gasteiger partial charge in [-0.3, -0.25) is 4.98 Å². The molecule has 2 heteroatoms. The molecule has 0 spiro atoms. The molecule has 1 atom stereocenters. The molecule has 2 N–H and O–H groups in total. The van der Waals surface area contributed by atoms with E-state index in [2.05, 4.69) is 35.4 Å². The largest absolute Gasteiger partial charge is 0.343 e. The fourth-order valence-corrected chi connectivity index (χ4v) is 2.19. The van der Waals surface area contributed by atoms with Crippen LogP contribution in [0.5, 0.6) is 0 Å². The van der Waals surface area contributed by atoms with Crippen molar-refractivity contribution in [2.45, 2.75) is 38.6 Å². The van der Waals surface area contributed by atoms with E-state index in [1.807, 2.05) is 0 Å². The van der Waals surface area contributed by atoms with E-state index in [4.69, 9.17) is 0 Å². The van der Waals surface area contributed by atoms with Crippen molar-refractivity contribution in [1.29, 1.82) is 0 Å². The van der Waals surface area contributed by atoms with Crippen LogP contribution in [-0.4, -0.2) is 17.6 Å². The van der Waals surface area contributed by atoms with Gasteiger partial charge in [0, 0.05) is 17.8 Å². The topological polar surface area (TPSA) is 29.5 Å². The first-order valence-corrected chi connectivity index (χ1v) is 5.60. The maximum Gasteiger partial charge on any atom is 0.0915 e. The highest BCUT2D eigenvalue weighted by atomic mass is 14.9. The van der Waals surface area contributed by atoms with Gasteiger partial charge in [0.2, 0.25) is 0 Å². The van der Waals surface area contributed by atoms with Crippen molar-refractivity contribution in [3.63, 3.8) is 0 Å². The van der Waals surface area contributed by atoms with Crippen molar-refractivity contribution in [3.8, 4) is 0 Å². The van der Waals surface area contributed by atoms with Crippen molar-refractivity contribution in [3.05, 3.63) is 29.6 Å². The Balaban J connectivity index is 1.95. The third-order valence-electron chi connectivity index (χ3n) is 2.95. The van der Waals surface area contributed by atoms with E-state index in [-0.39, 0.29) is 0 Å². The fourth-order valence-electron chi connectivity index (χ4n) is 2.19. The summed E-state index contributed by atoms with van der Waals surface area (Å²) in [5, 5.41) is 2.48. The molecule has 2 rings (SSSR count). The zero-order valence-corrected chi connectivity index (χ0v) is 8.87. The Bertz CT molecular complexity index is 290. The van der Waals surface area contributed by atoms with Crippen LogP contribution in [0, 0.1) is 6.92 Å². The molecule has 0 unspecified atom stereocenters. The second-order valence-electron chi connectivity index (χ2n) is 4.25. The highest BCUT2D eigenvalue weighted by molar-refractivity contribution is 5.10. The summed E-state index contributed by atoms with van der Waals surface area (Å²) in [5.41, 5.74) is 2.39. The van der Waals surface area contributed by atoms with Gasteiger partial charge in [0.25, 0.3) is 0 Å². The number of aryl methyl sites for hydroxylation is 1. The number of nitrogens with two attached hydrogens (primary N) is 1. The predicted molar refractivity (Wildman–Crippen MR) is 57.1 cm³/mol. The zero-order chi connectivity index (χ0) is 9.80. The van der Waals surface area contributed by atoms with Crippen molar-refractivity contribution in [2.24, 2.45) is 0 Å². The van der Waals surface area contributed by atoms with Gasteiger partial charge in [0.15, 0.2) is 0 Å². The van der Waals surface area contributed by atoms with E-state index in [1.165, 1.54) is 31.5 Å². The zero-order valence-electron chi connectivity index (χ0n) is 8.87. The van der Waals surface area contributed by atoms with Crippen LogP contribution in [-0.2, 0) is 6.42 Å². The average molecular weight is 191 g/mol. The minimum atomic E-state index is 0.776. The Morgan fingerprint density at radius 2 is 2.36 bits per heavy atom. The van der Waals surface area contributed by atoms with Crippen molar-refractivity contribution in [2.75, 3.05) is 6.54 Å². The van der Waals surface area contributed by atoms with E-state index in [1.54, 1.807) is 0 Å². The summed E-state index contributed by atoms with van der Waals surface area (Å²) in [6, 6.07) is 7.10. The first-order valence-electron chi connectivity index (χ1n) is 5.60. The first-order chi connectivity index (χ1) is 6.84. The highest BCUT2D eigenvalue weighted by Crippen LogP contribution is 2.07. The van der Waals surface area contributed by atoms with E-state index in [0.29, 0.717) is 0 Å². The number of quaternary nitrogens is 1. The van der Waals surface area contributed by atoms with Crippen molar-refractivity contribution in [1.82, 2.24) is 4.98 Å². The number of pyridine rings is 1. The van der Waals surface area contributed by atoms with Crippen molar-refractivity contribution < 1.29 is 5.32 Å². The SMILES string of the molecule is Cc1cccc(C[C@@H]2CCCC[NH2+]2)n1. The number of nitrogens with zero attached hydrogens (tertiary/aromatic N) is 1. The van der Waals surface area contributed by atoms with E-state index in [0.717, 1.165) is 18.2 Å². The van der Waals surface area contributed by atoms with Crippen LogP contribution in [0.4, 0.5) is 0 Å². The highest BCUT2D eigenvalue weighted by Gasteiger charge is 2.16. The van der Waals surface area contributed by atoms with Gasteiger partial charge in [-0.25, -0.2) is 0 Å². The van der Waals surface area contributed by atoms with E-state index in [9.17, 15) is 0 Å². The molecule has 0 saturated carbocycles. The third-order valence-corrected chi connectivity index (χ3v) is 2.95. The Morgan fingerprint density at radius 3 is 3.07 bits per heavy atom.